The highest BCUT2D eigenvalue weighted by Crippen LogP contribution is 2.36. The summed E-state index contributed by atoms with van der Waals surface area (Å²) < 4.78 is 27.6. The van der Waals surface area contributed by atoms with Crippen LogP contribution in [0, 0.1) is 0 Å². The summed E-state index contributed by atoms with van der Waals surface area (Å²) in [4.78, 5) is 4.26. The minimum absolute atomic E-state index is 0.305. The third-order valence-electron chi connectivity index (χ3n) is 3.73. The molecule has 0 saturated carbocycles. The molecule has 0 radical (unpaired) electrons. The number of ether oxygens (including phenoxy) is 2. The summed E-state index contributed by atoms with van der Waals surface area (Å²) >= 11 is 1.29. The van der Waals surface area contributed by atoms with Crippen molar-refractivity contribution in [2.45, 2.75) is 17.1 Å². The van der Waals surface area contributed by atoms with E-state index in [9.17, 15) is 0 Å². The van der Waals surface area contributed by atoms with Gasteiger partial charge in [-0.2, -0.15) is 4.98 Å². The summed E-state index contributed by atoms with van der Waals surface area (Å²) in [5.41, 5.74) is 0. The lowest BCUT2D eigenvalue weighted by Crippen LogP contribution is -2.21. The number of hydrogen-bond donors (Lipinski definition) is 0. The largest absolute Gasteiger partial charge is 0.485 e. The van der Waals surface area contributed by atoms with Crippen molar-refractivity contribution >= 4 is 11.8 Å². The molecule has 0 bridgehead atoms. The zero-order chi connectivity index (χ0) is 18.1. The molecule has 0 spiro atoms. The number of benzene rings is 1. The quantitative estimate of drug-likeness (QED) is 0.474. The SMILES string of the molecule is c1coc(-c2noc(CSc3nnc(C4COc5ccccc5O4)o3)n2)c1. The van der Waals surface area contributed by atoms with Gasteiger partial charge in [0.2, 0.25) is 17.8 Å². The number of fused-ring (bicyclic) bond motifs is 1. The van der Waals surface area contributed by atoms with Gasteiger partial charge in [-0.15, -0.1) is 10.2 Å². The molecule has 3 aromatic heterocycles. The molecule has 0 aliphatic carbocycles. The van der Waals surface area contributed by atoms with Gasteiger partial charge in [0, 0.05) is 0 Å². The molecule has 5 rings (SSSR count). The van der Waals surface area contributed by atoms with Gasteiger partial charge in [0.25, 0.3) is 11.1 Å². The summed E-state index contributed by atoms with van der Waals surface area (Å²) in [6, 6.07) is 11.0. The predicted molar refractivity (Wildman–Crippen MR) is 91.2 cm³/mol. The monoisotopic (exact) mass is 384 g/mol. The van der Waals surface area contributed by atoms with Crippen LogP contribution in [-0.4, -0.2) is 26.9 Å². The number of para-hydroxylation sites is 2. The topological polar surface area (TPSA) is 109 Å². The average molecular weight is 384 g/mol. The standard InChI is InChI=1S/C17H12N4O5S/c1-2-5-11-10(4-1)23-8-13(24-11)16-19-20-17(25-16)27-9-14-18-15(21-26-14)12-6-3-7-22-12/h1-7,13H,8-9H2. The van der Waals surface area contributed by atoms with E-state index in [0.29, 0.717) is 52.4 Å². The molecule has 0 N–H and O–H groups in total. The minimum Gasteiger partial charge on any atom is -0.485 e. The van der Waals surface area contributed by atoms with Gasteiger partial charge in [-0.25, -0.2) is 0 Å². The van der Waals surface area contributed by atoms with Crippen LogP contribution >= 0.6 is 11.8 Å². The van der Waals surface area contributed by atoms with Crippen LogP contribution in [0.4, 0.5) is 0 Å². The van der Waals surface area contributed by atoms with Crippen molar-refractivity contribution < 1.29 is 22.8 Å². The Balaban J connectivity index is 1.23. The van der Waals surface area contributed by atoms with E-state index in [4.69, 9.17) is 22.8 Å². The Bertz CT molecular complexity index is 1050. The van der Waals surface area contributed by atoms with Crippen LogP contribution < -0.4 is 9.47 Å². The van der Waals surface area contributed by atoms with Crippen molar-refractivity contribution in [1.29, 1.82) is 0 Å². The smallest absolute Gasteiger partial charge is 0.277 e. The summed E-state index contributed by atoms with van der Waals surface area (Å²) in [6.07, 6.45) is 1.10. The first-order valence-corrected chi connectivity index (χ1v) is 9.05. The molecular formula is C17H12N4O5S. The van der Waals surface area contributed by atoms with Gasteiger partial charge in [-0.3, -0.25) is 0 Å². The molecule has 9 nitrogen and oxygen atoms in total. The van der Waals surface area contributed by atoms with Gasteiger partial charge in [-0.1, -0.05) is 29.1 Å². The van der Waals surface area contributed by atoms with Gasteiger partial charge >= 0.3 is 0 Å². The molecule has 1 atom stereocenters. The Morgan fingerprint density at radius 3 is 2.89 bits per heavy atom. The van der Waals surface area contributed by atoms with E-state index in [2.05, 4.69) is 20.3 Å². The first kappa shape index (κ1) is 15.9. The van der Waals surface area contributed by atoms with Crippen LogP contribution in [0.5, 0.6) is 11.5 Å². The molecule has 0 saturated heterocycles. The number of furan rings is 1. The Labute approximate surface area is 156 Å². The zero-order valence-electron chi connectivity index (χ0n) is 13.8. The van der Waals surface area contributed by atoms with Crippen molar-refractivity contribution in [1.82, 2.24) is 20.3 Å². The first-order valence-electron chi connectivity index (χ1n) is 8.06. The van der Waals surface area contributed by atoms with Gasteiger partial charge < -0.3 is 22.8 Å². The summed E-state index contributed by atoms with van der Waals surface area (Å²) in [5.74, 6) is 3.47. The average Bonchev–Trinajstić information content (AvgIpc) is 3.47. The molecule has 1 unspecified atom stereocenters. The fraction of sp³-hybridized carbons (Fsp3) is 0.176. The lowest BCUT2D eigenvalue weighted by molar-refractivity contribution is 0.0686. The van der Waals surface area contributed by atoms with Gasteiger partial charge in [0.05, 0.1) is 12.0 Å². The van der Waals surface area contributed by atoms with Crippen LogP contribution in [0.1, 0.15) is 17.9 Å². The molecule has 1 aliphatic rings. The molecule has 27 heavy (non-hydrogen) atoms. The minimum atomic E-state index is -0.448. The second-order valence-corrected chi connectivity index (χ2v) is 6.47. The third kappa shape index (κ3) is 3.26. The molecule has 0 amide bonds. The zero-order valence-corrected chi connectivity index (χ0v) is 14.6. The number of nitrogens with zero attached hydrogens (tertiary/aromatic N) is 4. The fourth-order valence-corrected chi connectivity index (χ4v) is 3.10. The van der Waals surface area contributed by atoms with Crippen molar-refractivity contribution in [2.24, 2.45) is 0 Å². The maximum Gasteiger partial charge on any atom is 0.277 e. The number of aromatic nitrogens is 4. The molecule has 10 heteroatoms. The highest BCUT2D eigenvalue weighted by molar-refractivity contribution is 7.98. The normalized spacial score (nSPS) is 15.8. The predicted octanol–water partition coefficient (Wildman–Crippen LogP) is 3.52. The van der Waals surface area contributed by atoms with Crippen molar-refractivity contribution in [3.05, 3.63) is 54.4 Å². The Kier molecular flexibility index (Phi) is 4.02. The van der Waals surface area contributed by atoms with E-state index >= 15 is 0 Å². The molecule has 1 aromatic carbocycles. The number of thioether (sulfide) groups is 1. The van der Waals surface area contributed by atoms with Crippen LogP contribution in [-0.2, 0) is 5.75 Å². The summed E-state index contributed by atoms with van der Waals surface area (Å²) in [7, 11) is 0. The van der Waals surface area contributed by atoms with Crippen LogP contribution in [0.15, 0.2) is 61.2 Å². The maximum atomic E-state index is 5.86. The van der Waals surface area contributed by atoms with E-state index in [0.717, 1.165) is 0 Å². The lowest BCUT2D eigenvalue weighted by Gasteiger charge is -2.23. The van der Waals surface area contributed by atoms with Crippen LogP contribution in [0.3, 0.4) is 0 Å². The maximum absolute atomic E-state index is 5.86. The van der Waals surface area contributed by atoms with Gasteiger partial charge in [0.15, 0.2) is 17.3 Å². The second-order valence-electron chi connectivity index (χ2n) is 5.55. The van der Waals surface area contributed by atoms with E-state index in [1.54, 1.807) is 18.4 Å². The highest BCUT2D eigenvalue weighted by Gasteiger charge is 2.27. The Hall–Kier alpha value is -3.27. The van der Waals surface area contributed by atoms with Crippen LogP contribution in [0.25, 0.3) is 11.6 Å². The molecule has 136 valence electrons. The van der Waals surface area contributed by atoms with E-state index in [1.165, 1.54) is 11.8 Å². The molecular weight excluding hydrogens is 372 g/mol. The van der Waals surface area contributed by atoms with E-state index in [-0.39, 0.29) is 0 Å². The van der Waals surface area contributed by atoms with Gasteiger partial charge in [-0.05, 0) is 24.3 Å². The number of hydrogen-bond acceptors (Lipinski definition) is 10. The molecule has 0 fully saturated rings. The second kappa shape index (κ2) is 6.80. The molecule has 4 aromatic rings. The third-order valence-corrected chi connectivity index (χ3v) is 4.54. The van der Waals surface area contributed by atoms with E-state index in [1.807, 2.05) is 24.3 Å². The Morgan fingerprint density at radius 2 is 2.00 bits per heavy atom. The fourth-order valence-electron chi connectivity index (χ4n) is 2.49. The van der Waals surface area contributed by atoms with E-state index < -0.39 is 6.10 Å². The van der Waals surface area contributed by atoms with Crippen LogP contribution in [0.2, 0.25) is 0 Å². The first-order chi connectivity index (χ1) is 13.3. The van der Waals surface area contributed by atoms with Crippen molar-refractivity contribution in [3.8, 4) is 23.1 Å². The number of rotatable bonds is 5. The lowest BCUT2D eigenvalue weighted by atomic mass is 10.2. The van der Waals surface area contributed by atoms with Crippen molar-refractivity contribution in [3.63, 3.8) is 0 Å². The molecule has 1 aliphatic heterocycles. The van der Waals surface area contributed by atoms with Crippen molar-refractivity contribution in [2.75, 3.05) is 6.61 Å². The van der Waals surface area contributed by atoms with Gasteiger partial charge in [0.1, 0.15) is 6.61 Å². The summed E-state index contributed by atoms with van der Waals surface area (Å²) in [5, 5.41) is 12.3. The summed E-state index contributed by atoms with van der Waals surface area (Å²) in [6.45, 7) is 0.305. The molecule has 4 heterocycles. The Morgan fingerprint density at radius 1 is 1.07 bits per heavy atom. The highest BCUT2D eigenvalue weighted by atomic mass is 32.2.